The van der Waals surface area contributed by atoms with Crippen molar-refractivity contribution in [1.29, 1.82) is 0 Å². The van der Waals surface area contributed by atoms with Crippen LogP contribution < -0.4 is 10.5 Å². The highest BCUT2D eigenvalue weighted by Crippen LogP contribution is 2.41. The Hall–Kier alpha value is -1.02. The van der Waals surface area contributed by atoms with Gasteiger partial charge in [-0.15, -0.1) is 0 Å². The van der Waals surface area contributed by atoms with E-state index in [1.165, 1.54) is 31.2 Å². The molecule has 2 nitrogen and oxygen atoms in total. The predicted octanol–water partition coefficient (Wildman–Crippen LogP) is 2.86. The Bertz CT molecular complexity index is 342. The summed E-state index contributed by atoms with van der Waals surface area (Å²) >= 11 is 0. The van der Waals surface area contributed by atoms with E-state index in [0.29, 0.717) is 0 Å². The maximum atomic E-state index is 5.98. The van der Waals surface area contributed by atoms with Crippen LogP contribution in [0, 0.1) is 0 Å². The molecule has 1 fully saturated rings. The summed E-state index contributed by atoms with van der Waals surface area (Å²) in [5, 5.41) is 0. The highest BCUT2D eigenvalue weighted by Gasteiger charge is 2.34. The second kappa shape index (κ2) is 4.88. The molecule has 0 aliphatic heterocycles. The Morgan fingerprint density at radius 3 is 2.69 bits per heavy atom. The number of nitrogens with two attached hydrogens (primary N) is 1. The Morgan fingerprint density at radius 2 is 2.06 bits per heavy atom. The molecule has 1 aliphatic carbocycles. The number of hydrogen-bond donors (Lipinski definition) is 1. The van der Waals surface area contributed by atoms with Crippen molar-refractivity contribution in [3.63, 3.8) is 0 Å². The smallest absolute Gasteiger partial charge is 0.119 e. The van der Waals surface area contributed by atoms with Crippen LogP contribution in [-0.2, 0) is 5.41 Å². The van der Waals surface area contributed by atoms with E-state index >= 15 is 0 Å². The zero-order valence-electron chi connectivity index (χ0n) is 10.0. The molecule has 16 heavy (non-hydrogen) atoms. The fourth-order valence-electron chi connectivity index (χ4n) is 2.74. The van der Waals surface area contributed by atoms with Crippen molar-refractivity contribution in [2.75, 3.05) is 13.2 Å². The average molecular weight is 219 g/mol. The van der Waals surface area contributed by atoms with Crippen molar-refractivity contribution in [2.24, 2.45) is 5.73 Å². The quantitative estimate of drug-likeness (QED) is 0.845. The van der Waals surface area contributed by atoms with E-state index in [1.54, 1.807) is 0 Å². The largest absolute Gasteiger partial charge is 0.494 e. The minimum absolute atomic E-state index is 0.215. The van der Waals surface area contributed by atoms with Crippen LogP contribution in [0.5, 0.6) is 5.75 Å². The lowest BCUT2D eigenvalue weighted by molar-refractivity contribution is 0.338. The lowest BCUT2D eigenvalue weighted by Gasteiger charge is -2.28. The molecule has 88 valence electrons. The molecule has 2 rings (SSSR count). The lowest BCUT2D eigenvalue weighted by Crippen LogP contribution is -2.31. The van der Waals surface area contributed by atoms with Crippen LogP contribution in [0.15, 0.2) is 24.3 Å². The van der Waals surface area contributed by atoms with E-state index in [2.05, 4.69) is 18.2 Å². The third-order valence-electron chi connectivity index (χ3n) is 3.71. The Balaban J connectivity index is 2.27. The van der Waals surface area contributed by atoms with Gasteiger partial charge in [0.05, 0.1) is 6.61 Å². The molecule has 0 radical (unpaired) electrons. The monoisotopic (exact) mass is 219 g/mol. The average Bonchev–Trinajstić information content (AvgIpc) is 2.80. The molecule has 1 saturated carbocycles. The fourth-order valence-corrected chi connectivity index (χ4v) is 2.74. The van der Waals surface area contributed by atoms with Gasteiger partial charge in [-0.05, 0) is 37.5 Å². The van der Waals surface area contributed by atoms with Crippen LogP contribution in [0.1, 0.15) is 38.2 Å². The topological polar surface area (TPSA) is 35.2 Å². The second-order valence-corrected chi connectivity index (χ2v) is 4.65. The predicted molar refractivity (Wildman–Crippen MR) is 66.8 cm³/mol. The molecular weight excluding hydrogens is 198 g/mol. The first-order valence-corrected chi connectivity index (χ1v) is 6.24. The van der Waals surface area contributed by atoms with Gasteiger partial charge in [-0.2, -0.15) is 0 Å². The summed E-state index contributed by atoms with van der Waals surface area (Å²) in [5.74, 6) is 0.972. The molecule has 2 heteroatoms. The van der Waals surface area contributed by atoms with Gasteiger partial charge in [-0.1, -0.05) is 25.0 Å². The zero-order chi connectivity index (χ0) is 11.4. The van der Waals surface area contributed by atoms with Crippen LogP contribution >= 0.6 is 0 Å². The van der Waals surface area contributed by atoms with Gasteiger partial charge < -0.3 is 10.5 Å². The molecule has 0 heterocycles. The number of hydrogen-bond acceptors (Lipinski definition) is 2. The third-order valence-corrected chi connectivity index (χ3v) is 3.71. The number of rotatable bonds is 4. The van der Waals surface area contributed by atoms with Gasteiger partial charge in [0.1, 0.15) is 5.75 Å². The first-order valence-electron chi connectivity index (χ1n) is 6.24. The van der Waals surface area contributed by atoms with Crippen LogP contribution in [0.2, 0.25) is 0 Å². The zero-order valence-corrected chi connectivity index (χ0v) is 10.0. The van der Waals surface area contributed by atoms with Gasteiger partial charge in [0.25, 0.3) is 0 Å². The minimum Gasteiger partial charge on any atom is -0.494 e. The molecule has 1 aromatic carbocycles. The van der Waals surface area contributed by atoms with Crippen LogP contribution in [0.3, 0.4) is 0 Å². The van der Waals surface area contributed by atoms with Gasteiger partial charge in [0, 0.05) is 12.0 Å². The molecule has 2 N–H and O–H groups in total. The fraction of sp³-hybridized carbons (Fsp3) is 0.571. The summed E-state index contributed by atoms with van der Waals surface area (Å²) in [6.45, 7) is 3.49. The molecule has 0 aromatic heterocycles. The van der Waals surface area contributed by atoms with Gasteiger partial charge in [-0.3, -0.25) is 0 Å². The van der Waals surface area contributed by atoms with Crippen LogP contribution in [-0.4, -0.2) is 13.2 Å². The molecule has 0 amide bonds. The maximum absolute atomic E-state index is 5.98. The standard InChI is InChI=1S/C14H21NO/c1-2-16-13-7-5-6-12(10-13)14(11-15)8-3-4-9-14/h5-7,10H,2-4,8-9,11,15H2,1H3. The van der Waals surface area contributed by atoms with Crippen molar-refractivity contribution >= 4 is 0 Å². The van der Waals surface area contributed by atoms with Crippen molar-refractivity contribution in [1.82, 2.24) is 0 Å². The van der Waals surface area contributed by atoms with Crippen LogP contribution in [0.25, 0.3) is 0 Å². The van der Waals surface area contributed by atoms with Gasteiger partial charge in [0.2, 0.25) is 0 Å². The van der Waals surface area contributed by atoms with Crippen molar-refractivity contribution in [3.05, 3.63) is 29.8 Å². The Kier molecular flexibility index (Phi) is 3.49. The highest BCUT2D eigenvalue weighted by molar-refractivity contribution is 5.35. The second-order valence-electron chi connectivity index (χ2n) is 4.65. The SMILES string of the molecule is CCOc1cccc(C2(CN)CCCC2)c1. The molecule has 1 aromatic rings. The van der Waals surface area contributed by atoms with E-state index in [-0.39, 0.29) is 5.41 Å². The van der Waals surface area contributed by atoms with E-state index in [9.17, 15) is 0 Å². The molecular formula is C14H21NO. The molecule has 0 bridgehead atoms. The van der Waals surface area contributed by atoms with E-state index in [4.69, 9.17) is 10.5 Å². The van der Waals surface area contributed by atoms with E-state index < -0.39 is 0 Å². The Labute approximate surface area is 97.8 Å². The molecule has 0 saturated heterocycles. The molecule has 1 aliphatic rings. The summed E-state index contributed by atoms with van der Waals surface area (Å²) in [6, 6.07) is 8.46. The lowest BCUT2D eigenvalue weighted by atomic mass is 9.79. The van der Waals surface area contributed by atoms with Crippen molar-refractivity contribution < 1.29 is 4.74 Å². The summed E-state index contributed by atoms with van der Waals surface area (Å²) < 4.78 is 5.55. The van der Waals surface area contributed by atoms with E-state index in [1.807, 2.05) is 13.0 Å². The summed E-state index contributed by atoms with van der Waals surface area (Å²) in [6.07, 6.45) is 5.05. The van der Waals surface area contributed by atoms with Gasteiger partial charge >= 0.3 is 0 Å². The van der Waals surface area contributed by atoms with Crippen molar-refractivity contribution in [2.45, 2.75) is 38.0 Å². The first kappa shape index (κ1) is 11.5. The first-order chi connectivity index (χ1) is 7.80. The summed E-state index contributed by atoms with van der Waals surface area (Å²) in [4.78, 5) is 0. The third kappa shape index (κ3) is 2.07. The van der Waals surface area contributed by atoms with Crippen LogP contribution in [0.4, 0.5) is 0 Å². The molecule has 0 unspecified atom stereocenters. The summed E-state index contributed by atoms with van der Waals surface area (Å²) in [7, 11) is 0. The molecule has 0 atom stereocenters. The Morgan fingerprint density at radius 1 is 1.31 bits per heavy atom. The molecule has 0 spiro atoms. The minimum atomic E-state index is 0.215. The van der Waals surface area contributed by atoms with Crippen molar-refractivity contribution in [3.8, 4) is 5.75 Å². The number of ether oxygens (including phenoxy) is 1. The maximum Gasteiger partial charge on any atom is 0.119 e. The number of benzene rings is 1. The summed E-state index contributed by atoms with van der Waals surface area (Å²) in [5.41, 5.74) is 7.56. The van der Waals surface area contributed by atoms with Gasteiger partial charge in [-0.25, -0.2) is 0 Å². The highest BCUT2D eigenvalue weighted by atomic mass is 16.5. The van der Waals surface area contributed by atoms with Gasteiger partial charge in [0.15, 0.2) is 0 Å². The normalized spacial score (nSPS) is 18.6. The van der Waals surface area contributed by atoms with E-state index in [0.717, 1.165) is 18.9 Å².